The van der Waals surface area contributed by atoms with E-state index in [4.69, 9.17) is 4.55 Å². The predicted molar refractivity (Wildman–Crippen MR) is 44.1 cm³/mol. The van der Waals surface area contributed by atoms with Crippen molar-refractivity contribution in [1.29, 1.82) is 0 Å². The summed E-state index contributed by atoms with van der Waals surface area (Å²) >= 11 is 0. The van der Waals surface area contributed by atoms with E-state index in [1.165, 1.54) is 0 Å². The lowest BCUT2D eigenvalue weighted by Crippen LogP contribution is -2.25. The van der Waals surface area contributed by atoms with Gasteiger partial charge in [-0.2, -0.15) is 8.42 Å². The summed E-state index contributed by atoms with van der Waals surface area (Å²) in [5.74, 6) is -0.189. The Morgan fingerprint density at radius 3 is 2.18 bits per heavy atom. The molecule has 0 aromatic rings. The van der Waals surface area contributed by atoms with Crippen LogP contribution < -0.4 is 0 Å². The van der Waals surface area contributed by atoms with Gasteiger partial charge in [-0.3, -0.25) is 4.55 Å². The van der Waals surface area contributed by atoms with Crippen molar-refractivity contribution in [2.75, 3.05) is 26.4 Å². The molecule has 0 aliphatic heterocycles. The Bertz CT molecular complexity index is 198. The summed E-state index contributed by atoms with van der Waals surface area (Å²) < 4.78 is 29.2. The van der Waals surface area contributed by atoms with Gasteiger partial charge >= 0.3 is 0 Å². The summed E-state index contributed by atoms with van der Waals surface area (Å²) in [7, 11) is -0.0724. The van der Waals surface area contributed by atoms with Crippen LogP contribution in [0, 0.1) is 5.92 Å². The minimum atomic E-state index is -3.80. The number of rotatable bonds is 4. The molecule has 4 nitrogen and oxygen atoms in total. The lowest BCUT2D eigenvalue weighted by atomic mass is 10.2. The van der Waals surface area contributed by atoms with Crippen LogP contribution in [0.5, 0.6) is 0 Å². The third-order valence-electron chi connectivity index (χ3n) is 1.17. The SMILES string of the molecule is CC(CN(C)C)CS(=O)(=O)O. The maximum atomic E-state index is 10.4. The van der Waals surface area contributed by atoms with Crippen molar-refractivity contribution in [2.24, 2.45) is 5.92 Å². The van der Waals surface area contributed by atoms with Crippen LogP contribution in [0.3, 0.4) is 0 Å². The molecule has 1 N–H and O–H groups in total. The fourth-order valence-corrected chi connectivity index (χ4v) is 1.86. The molecule has 11 heavy (non-hydrogen) atoms. The summed E-state index contributed by atoms with van der Waals surface area (Å²) in [6.07, 6.45) is 0. The molecule has 0 saturated heterocycles. The van der Waals surface area contributed by atoms with E-state index in [0.29, 0.717) is 6.54 Å². The number of nitrogens with zero attached hydrogens (tertiary/aromatic N) is 1. The van der Waals surface area contributed by atoms with Gasteiger partial charge in [-0.25, -0.2) is 0 Å². The molecule has 1 unspecified atom stereocenters. The van der Waals surface area contributed by atoms with E-state index >= 15 is 0 Å². The van der Waals surface area contributed by atoms with E-state index < -0.39 is 10.1 Å². The van der Waals surface area contributed by atoms with E-state index in [0.717, 1.165) is 0 Å². The molecule has 5 heteroatoms. The molecule has 1 atom stereocenters. The quantitative estimate of drug-likeness (QED) is 0.624. The highest BCUT2D eigenvalue weighted by Crippen LogP contribution is 1.99. The first-order chi connectivity index (χ1) is 4.81. The number of hydrogen-bond donors (Lipinski definition) is 1. The van der Waals surface area contributed by atoms with E-state index in [9.17, 15) is 8.42 Å². The van der Waals surface area contributed by atoms with Crippen LogP contribution in [0.25, 0.3) is 0 Å². The summed E-state index contributed by atoms with van der Waals surface area (Å²) in [5, 5.41) is 0. The highest BCUT2D eigenvalue weighted by molar-refractivity contribution is 7.85. The first-order valence-electron chi connectivity index (χ1n) is 3.41. The molecule has 0 aliphatic rings. The highest BCUT2D eigenvalue weighted by Gasteiger charge is 2.12. The highest BCUT2D eigenvalue weighted by atomic mass is 32.2. The largest absolute Gasteiger partial charge is 0.309 e. The molecular formula is C6H15NO3S. The van der Waals surface area contributed by atoms with E-state index in [1.807, 2.05) is 19.0 Å². The van der Waals surface area contributed by atoms with Crippen LogP contribution in [0.4, 0.5) is 0 Å². The fourth-order valence-electron chi connectivity index (χ4n) is 1.04. The molecule has 0 fully saturated rings. The summed E-state index contributed by atoms with van der Waals surface area (Å²) in [4.78, 5) is 1.88. The lowest BCUT2D eigenvalue weighted by molar-refractivity contribution is 0.349. The van der Waals surface area contributed by atoms with Crippen LogP contribution in [0.2, 0.25) is 0 Å². The molecule has 0 saturated carbocycles. The summed E-state index contributed by atoms with van der Waals surface area (Å²) in [5.41, 5.74) is 0. The molecule has 0 rings (SSSR count). The van der Waals surface area contributed by atoms with Crippen LogP contribution in [-0.4, -0.2) is 44.3 Å². The van der Waals surface area contributed by atoms with Gasteiger partial charge in [-0.05, 0) is 20.0 Å². The monoisotopic (exact) mass is 181 g/mol. The van der Waals surface area contributed by atoms with Crippen LogP contribution in [-0.2, 0) is 10.1 Å². The molecule has 0 aromatic carbocycles. The normalized spacial score (nSPS) is 15.4. The summed E-state index contributed by atoms with van der Waals surface area (Å²) in [6.45, 7) is 2.45. The Hall–Kier alpha value is -0.130. The van der Waals surface area contributed by atoms with Gasteiger partial charge in [0.15, 0.2) is 0 Å². The first kappa shape index (κ1) is 10.9. The van der Waals surface area contributed by atoms with Crippen molar-refractivity contribution >= 4 is 10.1 Å². The third-order valence-corrected chi connectivity index (χ3v) is 2.16. The molecule has 0 aliphatic carbocycles. The van der Waals surface area contributed by atoms with Crippen molar-refractivity contribution < 1.29 is 13.0 Å². The van der Waals surface area contributed by atoms with Crippen molar-refractivity contribution in [1.82, 2.24) is 4.90 Å². The smallest absolute Gasteiger partial charge is 0.265 e. The minimum Gasteiger partial charge on any atom is -0.309 e. The second kappa shape index (κ2) is 4.04. The fraction of sp³-hybridized carbons (Fsp3) is 1.00. The Balaban J connectivity index is 3.80. The third kappa shape index (κ3) is 7.77. The second-order valence-electron chi connectivity index (χ2n) is 3.12. The van der Waals surface area contributed by atoms with E-state index in [-0.39, 0.29) is 11.7 Å². The first-order valence-corrected chi connectivity index (χ1v) is 5.02. The molecule has 0 bridgehead atoms. The van der Waals surface area contributed by atoms with Gasteiger partial charge in [-0.1, -0.05) is 6.92 Å². The van der Waals surface area contributed by atoms with Gasteiger partial charge in [0, 0.05) is 6.54 Å². The molecule has 0 spiro atoms. The molecule has 0 heterocycles. The van der Waals surface area contributed by atoms with Gasteiger partial charge in [0.25, 0.3) is 10.1 Å². The van der Waals surface area contributed by atoms with Gasteiger partial charge in [0.05, 0.1) is 5.75 Å². The molecule has 68 valence electrons. The van der Waals surface area contributed by atoms with Crippen LogP contribution >= 0.6 is 0 Å². The summed E-state index contributed by atoms with van der Waals surface area (Å²) in [6, 6.07) is 0. The zero-order chi connectivity index (χ0) is 9.07. The topological polar surface area (TPSA) is 57.6 Å². The maximum Gasteiger partial charge on any atom is 0.265 e. The van der Waals surface area contributed by atoms with Crippen molar-refractivity contribution in [2.45, 2.75) is 6.92 Å². The average Bonchev–Trinajstić information content (AvgIpc) is 1.53. The van der Waals surface area contributed by atoms with Gasteiger partial charge in [-0.15, -0.1) is 0 Å². The number of hydrogen-bond acceptors (Lipinski definition) is 3. The van der Waals surface area contributed by atoms with Crippen LogP contribution in [0.1, 0.15) is 6.92 Å². The zero-order valence-corrected chi connectivity index (χ0v) is 7.93. The second-order valence-corrected chi connectivity index (χ2v) is 4.61. The Morgan fingerprint density at radius 1 is 1.45 bits per heavy atom. The predicted octanol–water partition coefficient (Wildman–Crippen LogP) is 0.0719. The van der Waals surface area contributed by atoms with Crippen molar-refractivity contribution in [3.05, 3.63) is 0 Å². The Labute approximate surface area is 68.0 Å². The minimum absolute atomic E-state index is 0.0278. The Morgan fingerprint density at radius 2 is 1.91 bits per heavy atom. The van der Waals surface area contributed by atoms with Crippen molar-refractivity contribution in [3.63, 3.8) is 0 Å². The van der Waals surface area contributed by atoms with Crippen molar-refractivity contribution in [3.8, 4) is 0 Å². The van der Waals surface area contributed by atoms with Gasteiger partial charge in [0.1, 0.15) is 0 Å². The standard InChI is InChI=1S/C6H15NO3S/c1-6(4-7(2)3)5-11(8,9)10/h6H,4-5H2,1-3H3,(H,8,9,10). The average molecular weight is 181 g/mol. The van der Waals surface area contributed by atoms with Gasteiger partial charge < -0.3 is 4.90 Å². The zero-order valence-electron chi connectivity index (χ0n) is 7.11. The molecule has 0 amide bonds. The van der Waals surface area contributed by atoms with E-state index in [1.54, 1.807) is 6.92 Å². The van der Waals surface area contributed by atoms with E-state index in [2.05, 4.69) is 0 Å². The molecule has 0 aromatic heterocycles. The maximum absolute atomic E-state index is 10.4. The van der Waals surface area contributed by atoms with Crippen LogP contribution in [0.15, 0.2) is 0 Å². The lowest BCUT2D eigenvalue weighted by Gasteiger charge is -2.14. The molecule has 0 radical (unpaired) electrons. The molecular weight excluding hydrogens is 166 g/mol. The Kier molecular flexibility index (Phi) is 3.99. The van der Waals surface area contributed by atoms with Gasteiger partial charge in [0.2, 0.25) is 0 Å².